The average Bonchev–Trinajstić information content (AvgIpc) is 2.82. The number of rotatable bonds is 4. The Kier molecular flexibility index (Phi) is 9.20. The molecule has 0 aliphatic rings. The second-order valence-electron chi connectivity index (χ2n) is 6.62. The van der Waals surface area contributed by atoms with Gasteiger partial charge in [-0.1, -0.05) is 72.8 Å². The smallest absolute Gasteiger partial charge is 0.175 e. The molecule has 0 saturated heterocycles. The zero-order chi connectivity index (χ0) is 22.4. The summed E-state index contributed by atoms with van der Waals surface area (Å²) in [7, 11) is 0. The van der Waals surface area contributed by atoms with E-state index in [1.54, 1.807) is 0 Å². The number of nitrogens with one attached hydrogen (secondary N) is 4. The Morgan fingerprint density at radius 3 is 0.719 bits per heavy atom. The van der Waals surface area contributed by atoms with Gasteiger partial charge in [0.25, 0.3) is 0 Å². The Morgan fingerprint density at radius 1 is 0.344 bits per heavy atom. The van der Waals surface area contributed by atoms with Gasteiger partial charge >= 0.3 is 0 Å². The first-order chi connectivity index (χ1) is 15.7. The molecule has 4 N–H and O–H groups in total. The van der Waals surface area contributed by atoms with Gasteiger partial charge in [0.1, 0.15) is 0 Å². The van der Waals surface area contributed by atoms with Crippen LogP contribution in [0, 0.1) is 0 Å². The quantitative estimate of drug-likeness (QED) is 0.248. The summed E-state index contributed by atoms with van der Waals surface area (Å²) in [6, 6.07) is 39.4. The van der Waals surface area contributed by atoms with Crippen LogP contribution in [0.3, 0.4) is 0 Å². The van der Waals surface area contributed by atoms with Gasteiger partial charge < -0.3 is 21.3 Å². The zero-order valence-electron chi connectivity index (χ0n) is 17.4. The standard InChI is InChI=1S/2C13H12N2S/c2*16-13(14-11-7-3-1-4-8-11)15-12-9-5-2-6-10-12/h2*1-10H,(H2,14,15,16). The number of thiocarbonyl (C=S) groups is 2. The van der Waals surface area contributed by atoms with Crippen LogP contribution >= 0.6 is 24.4 Å². The predicted octanol–water partition coefficient (Wildman–Crippen LogP) is 6.99. The molecule has 0 unspecified atom stereocenters. The van der Waals surface area contributed by atoms with Gasteiger partial charge in [-0.05, 0) is 73.0 Å². The molecule has 0 aliphatic heterocycles. The Morgan fingerprint density at radius 2 is 0.531 bits per heavy atom. The normalized spacial score (nSPS) is 9.50. The maximum Gasteiger partial charge on any atom is 0.175 e. The van der Waals surface area contributed by atoms with Crippen molar-refractivity contribution in [2.75, 3.05) is 21.3 Å². The summed E-state index contributed by atoms with van der Waals surface area (Å²) in [6.07, 6.45) is 0. The molecule has 0 bridgehead atoms. The maximum absolute atomic E-state index is 5.20. The minimum absolute atomic E-state index is 0.595. The SMILES string of the molecule is S=C(Nc1ccccc1)Nc1ccccc1.S=C(Nc1ccccc1)Nc1ccccc1. The first-order valence-corrected chi connectivity index (χ1v) is 10.9. The molecule has 0 radical (unpaired) electrons. The molecule has 0 amide bonds. The molecule has 0 aliphatic carbocycles. The Balaban J connectivity index is 0.000000181. The highest BCUT2D eigenvalue weighted by molar-refractivity contribution is 7.81. The highest BCUT2D eigenvalue weighted by Crippen LogP contribution is 2.10. The van der Waals surface area contributed by atoms with Crippen LogP contribution in [0.1, 0.15) is 0 Å². The van der Waals surface area contributed by atoms with Crippen LogP contribution in [0.25, 0.3) is 0 Å². The van der Waals surface area contributed by atoms with Crippen molar-refractivity contribution in [1.29, 1.82) is 0 Å². The molecule has 0 heterocycles. The molecule has 4 aromatic rings. The number of para-hydroxylation sites is 4. The molecule has 4 nitrogen and oxygen atoms in total. The third-order valence-electron chi connectivity index (χ3n) is 4.13. The molecule has 6 heteroatoms. The van der Waals surface area contributed by atoms with Crippen molar-refractivity contribution in [3.05, 3.63) is 121 Å². The maximum atomic E-state index is 5.20. The number of hydrogen-bond acceptors (Lipinski definition) is 2. The minimum atomic E-state index is 0.595. The second-order valence-corrected chi connectivity index (χ2v) is 7.44. The highest BCUT2D eigenvalue weighted by atomic mass is 32.1. The lowest BCUT2D eigenvalue weighted by Gasteiger charge is -2.09. The molecule has 32 heavy (non-hydrogen) atoms. The molecule has 160 valence electrons. The van der Waals surface area contributed by atoms with E-state index in [1.807, 2.05) is 121 Å². The second kappa shape index (κ2) is 12.8. The van der Waals surface area contributed by atoms with Crippen LogP contribution in [0.4, 0.5) is 22.7 Å². The van der Waals surface area contributed by atoms with Crippen molar-refractivity contribution < 1.29 is 0 Å². The van der Waals surface area contributed by atoms with Gasteiger partial charge in [-0.3, -0.25) is 0 Å². The van der Waals surface area contributed by atoms with E-state index >= 15 is 0 Å². The Labute approximate surface area is 199 Å². The largest absolute Gasteiger partial charge is 0.332 e. The lowest BCUT2D eigenvalue weighted by Crippen LogP contribution is -2.18. The fourth-order valence-electron chi connectivity index (χ4n) is 2.67. The fraction of sp³-hybridized carbons (Fsp3) is 0. The first-order valence-electron chi connectivity index (χ1n) is 10.1. The van der Waals surface area contributed by atoms with Crippen molar-refractivity contribution >= 4 is 57.4 Å². The number of hydrogen-bond donors (Lipinski definition) is 4. The summed E-state index contributed by atoms with van der Waals surface area (Å²) in [5.74, 6) is 0. The lowest BCUT2D eigenvalue weighted by molar-refractivity contribution is 1.60. The van der Waals surface area contributed by atoms with E-state index in [2.05, 4.69) is 21.3 Å². The van der Waals surface area contributed by atoms with Crippen molar-refractivity contribution in [3.63, 3.8) is 0 Å². The Hall–Kier alpha value is -3.74. The van der Waals surface area contributed by atoms with Gasteiger partial charge in [-0.2, -0.15) is 0 Å². The fourth-order valence-corrected chi connectivity index (χ4v) is 3.14. The third kappa shape index (κ3) is 8.55. The summed E-state index contributed by atoms with van der Waals surface area (Å²) in [5, 5.41) is 13.6. The van der Waals surface area contributed by atoms with Crippen LogP contribution in [0.2, 0.25) is 0 Å². The van der Waals surface area contributed by atoms with Crippen molar-refractivity contribution in [3.8, 4) is 0 Å². The van der Waals surface area contributed by atoms with E-state index < -0.39 is 0 Å². The van der Waals surface area contributed by atoms with E-state index in [0.29, 0.717) is 10.2 Å². The van der Waals surface area contributed by atoms with E-state index in [1.165, 1.54) is 0 Å². The van der Waals surface area contributed by atoms with Crippen molar-refractivity contribution in [2.24, 2.45) is 0 Å². The molecule has 0 saturated carbocycles. The molecule has 0 fully saturated rings. The van der Waals surface area contributed by atoms with Gasteiger partial charge in [-0.25, -0.2) is 0 Å². The van der Waals surface area contributed by atoms with E-state index in [-0.39, 0.29) is 0 Å². The topological polar surface area (TPSA) is 48.1 Å². The Bertz CT molecular complexity index is 912. The average molecular weight is 457 g/mol. The predicted molar refractivity (Wildman–Crippen MR) is 145 cm³/mol. The molecule has 0 aromatic heterocycles. The van der Waals surface area contributed by atoms with E-state index in [9.17, 15) is 0 Å². The zero-order valence-corrected chi connectivity index (χ0v) is 19.0. The van der Waals surface area contributed by atoms with Crippen LogP contribution in [0.5, 0.6) is 0 Å². The van der Waals surface area contributed by atoms with Gasteiger partial charge in [0.2, 0.25) is 0 Å². The van der Waals surface area contributed by atoms with E-state index in [0.717, 1.165) is 22.7 Å². The van der Waals surface area contributed by atoms with Crippen molar-refractivity contribution in [1.82, 2.24) is 0 Å². The molecular formula is C26H24N4S2. The number of benzene rings is 4. The summed E-state index contributed by atoms with van der Waals surface area (Å²) >= 11 is 10.4. The van der Waals surface area contributed by atoms with Crippen LogP contribution < -0.4 is 21.3 Å². The van der Waals surface area contributed by atoms with Gasteiger partial charge in [0, 0.05) is 22.7 Å². The summed E-state index contributed by atoms with van der Waals surface area (Å²) in [5.41, 5.74) is 3.93. The highest BCUT2D eigenvalue weighted by Gasteiger charge is 1.98. The van der Waals surface area contributed by atoms with E-state index in [4.69, 9.17) is 24.4 Å². The van der Waals surface area contributed by atoms with Crippen LogP contribution in [-0.2, 0) is 0 Å². The van der Waals surface area contributed by atoms with Gasteiger partial charge in [0.15, 0.2) is 10.2 Å². The van der Waals surface area contributed by atoms with Crippen LogP contribution in [-0.4, -0.2) is 10.2 Å². The summed E-state index contributed by atoms with van der Waals surface area (Å²) in [6.45, 7) is 0. The minimum Gasteiger partial charge on any atom is -0.332 e. The molecule has 4 rings (SSSR count). The first kappa shape index (κ1) is 22.9. The molecule has 0 spiro atoms. The van der Waals surface area contributed by atoms with Crippen molar-refractivity contribution in [2.45, 2.75) is 0 Å². The van der Waals surface area contributed by atoms with Crippen LogP contribution in [0.15, 0.2) is 121 Å². The number of anilines is 4. The van der Waals surface area contributed by atoms with Gasteiger partial charge in [0.05, 0.1) is 0 Å². The third-order valence-corrected chi connectivity index (χ3v) is 4.53. The monoisotopic (exact) mass is 456 g/mol. The molecule has 4 aromatic carbocycles. The summed E-state index contributed by atoms with van der Waals surface area (Å²) < 4.78 is 0. The molecular weight excluding hydrogens is 432 g/mol. The molecule has 0 atom stereocenters. The summed E-state index contributed by atoms with van der Waals surface area (Å²) in [4.78, 5) is 0. The van der Waals surface area contributed by atoms with Gasteiger partial charge in [-0.15, -0.1) is 0 Å². The lowest BCUT2D eigenvalue weighted by atomic mass is 10.3.